The quantitative estimate of drug-likeness (QED) is 0.503. The monoisotopic (exact) mass is 359 g/mol. The maximum Gasteiger partial charge on any atom is 0.209 e. The lowest BCUT2D eigenvalue weighted by molar-refractivity contribution is 0.0994. The zero-order valence-electron chi connectivity index (χ0n) is 13.4. The zero-order chi connectivity index (χ0) is 16.9. The lowest BCUT2D eigenvalue weighted by Crippen LogP contribution is -2.13. The maximum absolute atomic E-state index is 12.5. The van der Waals surface area contributed by atoms with E-state index in [2.05, 4.69) is 15.2 Å². The van der Waals surface area contributed by atoms with Gasteiger partial charge < -0.3 is 4.74 Å². The van der Waals surface area contributed by atoms with E-state index in [1.54, 1.807) is 23.5 Å². The molecule has 2 aromatic heterocycles. The summed E-state index contributed by atoms with van der Waals surface area (Å²) in [5.74, 6) is 1.54. The van der Waals surface area contributed by atoms with Gasteiger partial charge in [0, 0.05) is 5.56 Å². The van der Waals surface area contributed by atoms with Crippen molar-refractivity contribution in [2.75, 3.05) is 6.61 Å². The van der Waals surface area contributed by atoms with Gasteiger partial charge in [-0.05, 0) is 49.6 Å². The largest absolute Gasteiger partial charge is 0.494 e. The number of nitrogens with zero attached hydrogens (tertiary/aromatic N) is 2. The average molecular weight is 359 g/mol. The highest BCUT2D eigenvalue weighted by Crippen LogP contribution is 2.27. The van der Waals surface area contributed by atoms with Gasteiger partial charge in [-0.1, -0.05) is 17.8 Å². The van der Waals surface area contributed by atoms with Crippen molar-refractivity contribution in [3.05, 3.63) is 47.3 Å². The molecule has 3 rings (SSSR count). The number of ether oxygens (including phenoxy) is 1. The Balaban J connectivity index is 1.65. The molecule has 0 unspecified atom stereocenters. The number of hydrogen-bond acceptors (Lipinski definition) is 6. The number of H-pyrrole nitrogens is 1. The molecule has 0 bridgehead atoms. The van der Waals surface area contributed by atoms with E-state index in [9.17, 15) is 4.79 Å². The van der Waals surface area contributed by atoms with Gasteiger partial charge in [0.15, 0.2) is 11.6 Å². The highest BCUT2D eigenvalue weighted by atomic mass is 32.2. The molecule has 0 aliphatic rings. The zero-order valence-corrected chi connectivity index (χ0v) is 15.0. The van der Waals surface area contributed by atoms with Crippen molar-refractivity contribution in [3.63, 3.8) is 0 Å². The number of carbonyl (C=O) groups excluding carboxylic acids is 1. The van der Waals surface area contributed by atoms with Crippen LogP contribution >= 0.6 is 23.1 Å². The number of carbonyl (C=O) groups is 1. The van der Waals surface area contributed by atoms with Gasteiger partial charge in [-0.2, -0.15) is 0 Å². The molecule has 0 spiro atoms. The SMILES string of the molecule is CCOc1ccc(C(=O)[C@@H](C)Sc2n[nH]c(-c3cccs3)n2)cc1. The Morgan fingerprint density at radius 1 is 1.33 bits per heavy atom. The molecule has 0 saturated heterocycles. The van der Waals surface area contributed by atoms with Crippen LogP contribution in [0.4, 0.5) is 0 Å². The average Bonchev–Trinajstić information content (AvgIpc) is 3.26. The number of hydrogen-bond donors (Lipinski definition) is 1. The van der Waals surface area contributed by atoms with Crippen molar-refractivity contribution in [3.8, 4) is 16.5 Å². The van der Waals surface area contributed by atoms with Gasteiger partial charge in [-0.3, -0.25) is 9.89 Å². The Morgan fingerprint density at radius 2 is 2.12 bits per heavy atom. The normalized spacial score (nSPS) is 12.1. The van der Waals surface area contributed by atoms with Crippen LogP contribution in [-0.2, 0) is 0 Å². The van der Waals surface area contributed by atoms with Gasteiger partial charge in [0.1, 0.15) is 5.75 Å². The van der Waals surface area contributed by atoms with Crippen LogP contribution in [0.25, 0.3) is 10.7 Å². The molecule has 0 saturated carbocycles. The van der Waals surface area contributed by atoms with Crippen molar-refractivity contribution < 1.29 is 9.53 Å². The standard InChI is InChI=1S/C17H17N3O2S2/c1-3-22-13-8-6-12(7-9-13)15(21)11(2)24-17-18-16(19-20-17)14-5-4-10-23-14/h4-11H,3H2,1-2H3,(H,18,19,20)/t11-/m1/s1. The molecule has 124 valence electrons. The van der Waals surface area contributed by atoms with E-state index in [0.717, 1.165) is 16.5 Å². The fourth-order valence-corrected chi connectivity index (χ4v) is 3.62. The summed E-state index contributed by atoms with van der Waals surface area (Å²) in [6.07, 6.45) is 0. The predicted molar refractivity (Wildman–Crippen MR) is 97.0 cm³/mol. The molecule has 5 nitrogen and oxygen atoms in total. The summed E-state index contributed by atoms with van der Waals surface area (Å²) >= 11 is 2.94. The Morgan fingerprint density at radius 3 is 2.79 bits per heavy atom. The molecule has 1 N–H and O–H groups in total. The second kappa shape index (κ2) is 7.63. The molecule has 0 fully saturated rings. The number of benzene rings is 1. The highest BCUT2D eigenvalue weighted by Gasteiger charge is 2.19. The summed E-state index contributed by atoms with van der Waals surface area (Å²) in [5.41, 5.74) is 0.660. The van der Waals surface area contributed by atoms with Crippen LogP contribution in [-0.4, -0.2) is 32.8 Å². The lowest BCUT2D eigenvalue weighted by atomic mass is 10.1. The summed E-state index contributed by atoms with van der Waals surface area (Å²) in [6, 6.07) is 11.2. The number of ketones is 1. The molecule has 1 aromatic carbocycles. The molecule has 0 amide bonds. The molecule has 0 aliphatic heterocycles. The fourth-order valence-electron chi connectivity index (χ4n) is 2.15. The van der Waals surface area contributed by atoms with Crippen LogP contribution in [0, 0.1) is 0 Å². The first-order valence-electron chi connectivity index (χ1n) is 7.57. The minimum atomic E-state index is -0.269. The predicted octanol–water partition coefficient (Wildman–Crippen LogP) is 4.30. The van der Waals surface area contributed by atoms with Crippen molar-refractivity contribution in [2.24, 2.45) is 0 Å². The molecule has 0 aliphatic carbocycles. The minimum Gasteiger partial charge on any atom is -0.494 e. The third kappa shape index (κ3) is 3.85. The van der Waals surface area contributed by atoms with Crippen LogP contribution < -0.4 is 4.74 Å². The second-order valence-electron chi connectivity index (χ2n) is 5.03. The fraction of sp³-hybridized carbons (Fsp3) is 0.235. The minimum absolute atomic E-state index is 0.0468. The van der Waals surface area contributed by atoms with E-state index in [1.165, 1.54) is 11.8 Å². The summed E-state index contributed by atoms with van der Waals surface area (Å²) in [4.78, 5) is 18.0. The smallest absolute Gasteiger partial charge is 0.209 e. The van der Waals surface area contributed by atoms with E-state index >= 15 is 0 Å². The Hall–Kier alpha value is -2.12. The van der Waals surface area contributed by atoms with Gasteiger partial charge in [-0.15, -0.1) is 16.4 Å². The molecule has 7 heteroatoms. The second-order valence-corrected chi connectivity index (χ2v) is 7.28. The van der Waals surface area contributed by atoms with Crippen LogP contribution in [0.3, 0.4) is 0 Å². The van der Waals surface area contributed by atoms with Crippen LogP contribution in [0.2, 0.25) is 0 Å². The number of thioether (sulfide) groups is 1. The van der Waals surface area contributed by atoms with E-state index in [0.29, 0.717) is 17.3 Å². The molecular weight excluding hydrogens is 342 g/mol. The van der Waals surface area contributed by atoms with Gasteiger partial charge >= 0.3 is 0 Å². The Labute approximate surface area is 148 Å². The molecular formula is C17H17N3O2S2. The first-order valence-corrected chi connectivity index (χ1v) is 9.33. The Kier molecular flexibility index (Phi) is 5.32. The van der Waals surface area contributed by atoms with Crippen molar-refractivity contribution in [1.82, 2.24) is 15.2 Å². The number of aromatic amines is 1. The third-order valence-electron chi connectivity index (χ3n) is 3.32. The molecule has 3 aromatic rings. The van der Waals surface area contributed by atoms with Crippen LogP contribution in [0.1, 0.15) is 24.2 Å². The summed E-state index contributed by atoms with van der Waals surface area (Å²) in [6.45, 7) is 4.40. The van der Waals surface area contributed by atoms with E-state index < -0.39 is 0 Å². The van der Waals surface area contributed by atoms with Crippen LogP contribution in [0.5, 0.6) is 5.75 Å². The number of aromatic nitrogens is 3. The van der Waals surface area contributed by atoms with Gasteiger partial charge in [0.25, 0.3) is 0 Å². The maximum atomic E-state index is 12.5. The van der Waals surface area contributed by atoms with E-state index in [-0.39, 0.29) is 11.0 Å². The number of rotatable bonds is 7. The lowest BCUT2D eigenvalue weighted by Gasteiger charge is -2.08. The summed E-state index contributed by atoms with van der Waals surface area (Å²) < 4.78 is 5.40. The number of thiophene rings is 1. The van der Waals surface area contributed by atoms with Crippen LogP contribution in [0.15, 0.2) is 46.9 Å². The summed E-state index contributed by atoms with van der Waals surface area (Å²) in [7, 11) is 0. The molecule has 24 heavy (non-hydrogen) atoms. The third-order valence-corrected chi connectivity index (χ3v) is 5.16. The summed E-state index contributed by atoms with van der Waals surface area (Å²) in [5, 5.41) is 9.40. The van der Waals surface area contributed by atoms with Gasteiger partial charge in [-0.25, -0.2) is 4.98 Å². The molecule has 1 atom stereocenters. The molecule has 0 radical (unpaired) electrons. The van der Waals surface area contributed by atoms with E-state index in [1.807, 2.05) is 43.5 Å². The van der Waals surface area contributed by atoms with Gasteiger partial charge in [0.05, 0.1) is 16.7 Å². The first-order chi connectivity index (χ1) is 11.7. The van der Waals surface area contributed by atoms with Gasteiger partial charge in [0.2, 0.25) is 5.16 Å². The molecule has 2 heterocycles. The number of Topliss-reactive ketones (excluding diaryl/α,β-unsaturated/α-hetero) is 1. The first kappa shape index (κ1) is 16.7. The number of nitrogens with one attached hydrogen (secondary N) is 1. The van der Waals surface area contributed by atoms with E-state index in [4.69, 9.17) is 4.74 Å². The topological polar surface area (TPSA) is 67.9 Å². The van der Waals surface area contributed by atoms with Crippen molar-refractivity contribution in [2.45, 2.75) is 24.3 Å². The van der Waals surface area contributed by atoms with Crippen molar-refractivity contribution >= 4 is 28.9 Å². The van der Waals surface area contributed by atoms with Crippen molar-refractivity contribution in [1.29, 1.82) is 0 Å². The Bertz CT molecular complexity index is 798. The highest BCUT2D eigenvalue weighted by molar-refractivity contribution is 8.00.